The highest BCUT2D eigenvalue weighted by molar-refractivity contribution is 9.10. The molecule has 1 aliphatic carbocycles. The average Bonchev–Trinajstić information content (AvgIpc) is 2.68. The zero-order valence-corrected chi connectivity index (χ0v) is 14.2. The van der Waals surface area contributed by atoms with Gasteiger partial charge in [0.25, 0.3) is 0 Å². The minimum absolute atomic E-state index is 0.209. The van der Waals surface area contributed by atoms with Gasteiger partial charge in [-0.3, -0.25) is 0 Å². The van der Waals surface area contributed by atoms with Crippen LogP contribution in [0.1, 0.15) is 56.9 Å². The Morgan fingerprint density at radius 3 is 2.80 bits per heavy atom. The summed E-state index contributed by atoms with van der Waals surface area (Å²) in [6.07, 6.45) is 6.90. The first-order chi connectivity index (χ1) is 9.65. The van der Waals surface area contributed by atoms with Crippen LogP contribution in [0.3, 0.4) is 0 Å². The van der Waals surface area contributed by atoms with E-state index in [9.17, 15) is 4.39 Å². The molecule has 2 rings (SSSR count). The summed E-state index contributed by atoms with van der Waals surface area (Å²) >= 11 is 9.34. The summed E-state index contributed by atoms with van der Waals surface area (Å²) < 4.78 is 15.1. The van der Waals surface area contributed by atoms with Crippen LogP contribution in [0.25, 0.3) is 0 Å². The molecule has 1 aromatic rings. The van der Waals surface area contributed by atoms with Crippen LogP contribution in [0.4, 0.5) is 4.39 Å². The van der Waals surface area contributed by atoms with Gasteiger partial charge in [-0.15, -0.1) is 0 Å². The smallest absolute Gasteiger partial charge is 0.146 e. The van der Waals surface area contributed by atoms with Crippen LogP contribution in [0.15, 0.2) is 16.6 Å². The quantitative estimate of drug-likeness (QED) is 0.538. The number of halogens is 3. The molecule has 1 aliphatic rings. The first kappa shape index (κ1) is 16.3. The molecule has 0 bridgehead atoms. The molecule has 1 N–H and O–H groups in total. The second-order valence-electron chi connectivity index (χ2n) is 5.57. The van der Waals surface area contributed by atoms with Gasteiger partial charge in [0.15, 0.2) is 0 Å². The van der Waals surface area contributed by atoms with E-state index in [1.807, 2.05) is 12.1 Å². The number of nitrogens with one attached hydrogen (secondary N) is 1. The average molecular weight is 363 g/mol. The van der Waals surface area contributed by atoms with Gasteiger partial charge in [0.1, 0.15) is 5.82 Å². The molecule has 0 spiro atoms. The van der Waals surface area contributed by atoms with Crippen molar-refractivity contribution in [3.05, 3.63) is 33.0 Å². The maximum atomic E-state index is 14.5. The maximum absolute atomic E-state index is 14.5. The Kier molecular flexibility index (Phi) is 6.31. The van der Waals surface area contributed by atoms with Crippen LogP contribution < -0.4 is 5.32 Å². The van der Waals surface area contributed by atoms with E-state index in [0.29, 0.717) is 10.5 Å². The van der Waals surface area contributed by atoms with Crippen molar-refractivity contribution in [2.75, 3.05) is 6.54 Å². The van der Waals surface area contributed by atoms with E-state index in [2.05, 4.69) is 28.2 Å². The van der Waals surface area contributed by atoms with Crippen molar-refractivity contribution in [3.63, 3.8) is 0 Å². The number of rotatable bonds is 4. The molecule has 4 heteroatoms. The summed E-state index contributed by atoms with van der Waals surface area (Å²) in [6, 6.07) is 4.12. The molecule has 0 radical (unpaired) electrons. The molecule has 1 saturated carbocycles. The van der Waals surface area contributed by atoms with Gasteiger partial charge in [-0.05, 0) is 53.4 Å². The Balaban J connectivity index is 2.28. The predicted octanol–water partition coefficient (Wildman–Crippen LogP) is 5.66. The van der Waals surface area contributed by atoms with Crippen LogP contribution in [-0.4, -0.2) is 12.6 Å². The lowest BCUT2D eigenvalue weighted by atomic mass is 9.87. The van der Waals surface area contributed by atoms with Crippen molar-refractivity contribution in [2.24, 2.45) is 0 Å². The molecule has 0 aromatic heterocycles. The minimum atomic E-state index is -0.253. The zero-order valence-electron chi connectivity index (χ0n) is 11.9. The van der Waals surface area contributed by atoms with E-state index < -0.39 is 0 Å². The van der Waals surface area contributed by atoms with E-state index in [1.165, 1.54) is 19.3 Å². The maximum Gasteiger partial charge on any atom is 0.146 e. The molecular weight excluding hydrogens is 341 g/mol. The number of hydrogen-bond acceptors (Lipinski definition) is 1. The molecule has 0 amide bonds. The van der Waals surface area contributed by atoms with E-state index in [1.54, 1.807) is 0 Å². The van der Waals surface area contributed by atoms with Crippen molar-refractivity contribution in [1.82, 2.24) is 5.32 Å². The van der Waals surface area contributed by atoms with Gasteiger partial charge in [0, 0.05) is 16.4 Å². The van der Waals surface area contributed by atoms with Crippen LogP contribution in [-0.2, 0) is 0 Å². The Hall–Kier alpha value is -0.120. The molecule has 0 heterocycles. The standard InChI is InChI=1S/C16H22BrClFN/c1-2-10-20-14-7-5-3-4-6-11(14)12-8-9-13(17)15(18)16(12)19/h8-9,11,14,20H,2-7,10H2,1H3. The second-order valence-corrected chi connectivity index (χ2v) is 6.80. The van der Waals surface area contributed by atoms with Gasteiger partial charge in [-0.2, -0.15) is 0 Å². The zero-order chi connectivity index (χ0) is 14.5. The van der Waals surface area contributed by atoms with E-state index in [-0.39, 0.29) is 16.8 Å². The molecule has 20 heavy (non-hydrogen) atoms. The monoisotopic (exact) mass is 361 g/mol. The van der Waals surface area contributed by atoms with Gasteiger partial charge < -0.3 is 5.32 Å². The molecule has 2 unspecified atom stereocenters. The van der Waals surface area contributed by atoms with E-state index in [4.69, 9.17) is 11.6 Å². The first-order valence-corrected chi connectivity index (χ1v) is 8.69. The third-order valence-corrected chi connectivity index (χ3v) is 5.40. The van der Waals surface area contributed by atoms with Crippen LogP contribution in [0.2, 0.25) is 5.02 Å². The Bertz CT molecular complexity index is 452. The van der Waals surface area contributed by atoms with Gasteiger partial charge in [-0.25, -0.2) is 4.39 Å². The SMILES string of the molecule is CCCNC1CCCCCC1c1ccc(Br)c(Cl)c1F. The van der Waals surface area contributed by atoms with Crippen LogP contribution in [0.5, 0.6) is 0 Å². The molecular formula is C16H22BrClFN. The molecule has 1 aromatic carbocycles. The van der Waals surface area contributed by atoms with Crippen molar-refractivity contribution < 1.29 is 4.39 Å². The molecule has 0 aliphatic heterocycles. The number of hydrogen-bond donors (Lipinski definition) is 1. The van der Waals surface area contributed by atoms with Crippen molar-refractivity contribution in [1.29, 1.82) is 0 Å². The largest absolute Gasteiger partial charge is 0.313 e. The van der Waals surface area contributed by atoms with Crippen molar-refractivity contribution >= 4 is 27.5 Å². The topological polar surface area (TPSA) is 12.0 Å². The summed E-state index contributed by atoms with van der Waals surface area (Å²) in [6.45, 7) is 3.16. The fourth-order valence-corrected chi connectivity index (χ4v) is 3.56. The molecule has 2 atom stereocenters. The highest BCUT2D eigenvalue weighted by atomic mass is 79.9. The molecule has 0 saturated heterocycles. The fraction of sp³-hybridized carbons (Fsp3) is 0.625. The summed E-state index contributed by atoms with van der Waals surface area (Å²) in [5.74, 6) is -0.0223. The Morgan fingerprint density at radius 2 is 2.05 bits per heavy atom. The minimum Gasteiger partial charge on any atom is -0.313 e. The second kappa shape index (κ2) is 7.77. The van der Waals surface area contributed by atoms with Crippen molar-refractivity contribution in [3.8, 4) is 0 Å². The lowest BCUT2D eigenvalue weighted by molar-refractivity contribution is 0.400. The molecule has 112 valence electrons. The van der Waals surface area contributed by atoms with Crippen LogP contribution >= 0.6 is 27.5 Å². The highest BCUT2D eigenvalue weighted by Gasteiger charge is 2.28. The summed E-state index contributed by atoms with van der Waals surface area (Å²) in [5, 5.41) is 3.81. The molecule has 1 nitrogen and oxygen atoms in total. The van der Waals surface area contributed by atoms with Gasteiger partial charge in [0.2, 0.25) is 0 Å². The summed E-state index contributed by atoms with van der Waals surface area (Å²) in [5.41, 5.74) is 0.772. The van der Waals surface area contributed by atoms with E-state index >= 15 is 0 Å². The molecule has 1 fully saturated rings. The Labute approximate surface area is 134 Å². The summed E-state index contributed by atoms with van der Waals surface area (Å²) in [7, 11) is 0. The van der Waals surface area contributed by atoms with Gasteiger partial charge in [-0.1, -0.05) is 43.9 Å². The number of benzene rings is 1. The summed E-state index contributed by atoms with van der Waals surface area (Å²) in [4.78, 5) is 0. The van der Waals surface area contributed by atoms with E-state index in [0.717, 1.165) is 31.4 Å². The lowest BCUT2D eigenvalue weighted by Crippen LogP contribution is -2.35. The predicted molar refractivity (Wildman–Crippen MR) is 87.0 cm³/mol. The highest BCUT2D eigenvalue weighted by Crippen LogP contribution is 2.37. The third kappa shape index (κ3) is 3.75. The third-order valence-electron chi connectivity index (χ3n) is 4.14. The van der Waals surface area contributed by atoms with Gasteiger partial charge in [0.05, 0.1) is 5.02 Å². The Morgan fingerprint density at radius 1 is 1.30 bits per heavy atom. The van der Waals surface area contributed by atoms with Gasteiger partial charge >= 0.3 is 0 Å². The lowest BCUT2D eigenvalue weighted by Gasteiger charge is -2.27. The fourth-order valence-electron chi connectivity index (χ4n) is 3.08. The normalized spacial score (nSPS) is 23.6. The first-order valence-electron chi connectivity index (χ1n) is 7.52. The van der Waals surface area contributed by atoms with Crippen molar-refractivity contribution in [2.45, 2.75) is 57.4 Å². The van der Waals surface area contributed by atoms with Crippen LogP contribution in [0, 0.1) is 5.82 Å².